The number of halogens is 2. The van der Waals surface area contributed by atoms with E-state index in [-0.39, 0.29) is 18.1 Å². The Labute approximate surface area is 624 Å². The lowest BCUT2D eigenvalue weighted by atomic mass is 9.83. The summed E-state index contributed by atoms with van der Waals surface area (Å²) in [6.07, 6.45) is 25.2. The van der Waals surface area contributed by atoms with Gasteiger partial charge in [0.15, 0.2) is 0 Å². The minimum absolute atomic E-state index is 0.167. The predicted octanol–water partition coefficient (Wildman–Crippen LogP) is 8.35. The summed E-state index contributed by atoms with van der Waals surface area (Å²) < 4.78 is 82.6. The van der Waals surface area contributed by atoms with Crippen LogP contribution in [0, 0.1) is 6.92 Å². The molecule has 15 rings (SSSR count). The molecule has 0 amide bonds. The first-order valence-corrected chi connectivity index (χ1v) is 40.9. The summed E-state index contributed by atoms with van der Waals surface area (Å²) in [5, 5.41) is 36.9. The monoisotopic (exact) mass is 1520 g/mol. The first-order valence-electron chi connectivity index (χ1n) is 34.6. The maximum absolute atomic E-state index is 12.1. The van der Waals surface area contributed by atoms with E-state index in [1.807, 2.05) is 140 Å². The summed E-state index contributed by atoms with van der Waals surface area (Å²) in [4.78, 5) is 33.8. The molecule has 552 valence electrons. The highest BCUT2D eigenvalue weighted by Gasteiger charge is 2.44. The van der Waals surface area contributed by atoms with E-state index in [1.54, 1.807) is 70.0 Å². The molecule has 3 aliphatic heterocycles. The number of aromatic nitrogens is 9. The maximum atomic E-state index is 12.1. The third-order valence-corrected chi connectivity index (χ3v) is 25.5. The third-order valence-electron chi connectivity index (χ3n) is 21.1. The minimum Gasteiger partial charge on any atom is -0.379 e. The number of hydrogen-bond donors (Lipinski definition) is 3. The van der Waals surface area contributed by atoms with Crippen LogP contribution in [0.4, 0.5) is 0 Å². The zero-order valence-corrected chi connectivity index (χ0v) is 64.2. The number of aryl methyl sites for hydroxylation is 4. The zero-order valence-electron chi connectivity index (χ0n) is 60.3. The fourth-order valence-corrected chi connectivity index (χ4v) is 18.5. The van der Waals surface area contributed by atoms with Gasteiger partial charge in [0.2, 0.25) is 30.1 Å². The van der Waals surface area contributed by atoms with Gasteiger partial charge in [-0.2, -0.15) is 12.9 Å². The predicted molar refractivity (Wildman–Crippen MR) is 408 cm³/mol. The summed E-state index contributed by atoms with van der Waals surface area (Å²) in [6, 6.07) is 28.9. The van der Waals surface area contributed by atoms with Crippen LogP contribution in [-0.4, -0.2) is 209 Å². The summed E-state index contributed by atoms with van der Waals surface area (Å²) >= 11 is 13.0. The van der Waals surface area contributed by atoms with Crippen molar-refractivity contribution in [3.8, 4) is 0 Å². The lowest BCUT2D eigenvalue weighted by molar-refractivity contribution is 0.114. The fraction of sp³-hybridized carbons (Fsp3) is 0.368. The first-order chi connectivity index (χ1) is 49.7. The Morgan fingerprint density at radius 3 is 0.952 bits per heavy atom. The Morgan fingerprint density at radius 2 is 0.686 bits per heavy atom. The molecule has 24 nitrogen and oxygen atoms in total. The van der Waals surface area contributed by atoms with E-state index < -0.39 is 46.9 Å². The number of nitrogens with zero attached hydrogens (tertiary/aromatic N) is 15. The Kier molecular flexibility index (Phi) is 21.0. The molecular formula is C76H87Cl2N15O9S3. The van der Waals surface area contributed by atoms with E-state index in [0.29, 0.717) is 117 Å². The number of benzene rings is 3. The van der Waals surface area contributed by atoms with Crippen molar-refractivity contribution in [2.75, 3.05) is 97.3 Å². The van der Waals surface area contributed by atoms with Crippen molar-refractivity contribution < 1.29 is 40.6 Å². The molecule has 6 atom stereocenters. The second kappa shape index (κ2) is 29.3. The smallest absolute Gasteiger partial charge is 0.211 e. The van der Waals surface area contributed by atoms with E-state index in [9.17, 15) is 40.6 Å². The molecule has 105 heavy (non-hydrogen) atoms. The molecule has 9 aromatic rings. The SMILES string of the molecule is Cc1ccc2c(c1)C([C@](C)(O)c1cncn1C)=Cc1cccnc1[C@H]2N1CCN(S(C)(=O)=O)CC1.Cn1cncc1C(C)(O)C1=Cc2cccnc2[C@@H](N2CCN(S(C)(=O)=O)CC2)c2ccc(Cl)cc21.Cn1cncc1[C@](C)(O)C1=Cc2cccnc2[C@@H](N2CCN(S(C)(=O)=O)CC2)c2ccc(Cl)cc21. The topological polar surface area (TPSA) is 275 Å². The molecule has 29 heteroatoms. The van der Waals surface area contributed by atoms with E-state index in [4.69, 9.17) is 38.2 Å². The molecular weight excluding hydrogens is 1430 g/mol. The van der Waals surface area contributed by atoms with Crippen molar-refractivity contribution in [2.24, 2.45) is 21.1 Å². The molecule has 6 aromatic heterocycles. The number of hydrogen-bond acceptors (Lipinski definition) is 18. The Morgan fingerprint density at radius 1 is 0.410 bits per heavy atom. The van der Waals surface area contributed by atoms with Crippen molar-refractivity contribution in [1.82, 2.24) is 71.2 Å². The van der Waals surface area contributed by atoms with Gasteiger partial charge < -0.3 is 29.0 Å². The van der Waals surface area contributed by atoms with Gasteiger partial charge in [0.25, 0.3) is 0 Å². The largest absolute Gasteiger partial charge is 0.379 e. The highest BCUT2D eigenvalue weighted by molar-refractivity contribution is 7.88. The van der Waals surface area contributed by atoms with Crippen LogP contribution in [0.25, 0.3) is 34.9 Å². The molecule has 3 N–H and O–H groups in total. The van der Waals surface area contributed by atoms with Crippen molar-refractivity contribution in [1.29, 1.82) is 0 Å². The molecule has 0 radical (unpaired) electrons. The van der Waals surface area contributed by atoms with Gasteiger partial charge in [0, 0.05) is 128 Å². The normalized spacial score (nSPS) is 20.9. The third kappa shape index (κ3) is 15.0. The highest BCUT2D eigenvalue weighted by atomic mass is 35.5. The van der Waals surface area contributed by atoms with Gasteiger partial charge in [0.1, 0.15) is 16.8 Å². The van der Waals surface area contributed by atoms with E-state index in [2.05, 4.69) is 47.9 Å². The number of fused-ring (bicyclic) bond motifs is 6. The van der Waals surface area contributed by atoms with E-state index in [1.165, 1.54) is 31.7 Å². The zero-order chi connectivity index (χ0) is 74.9. The van der Waals surface area contributed by atoms with Crippen LogP contribution >= 0.6 is 23.2 Å². The fourth-order valence-electron chi connectivity index (χ4n) is 15.7. The minimum atomic E-state index is -3.25. The Balaban J connectivity index is 0.000000140. The first kappa shape index (κ1) is 75.3. The number of aliphatic hydroxyl groups is 3. The van der Waals surface area contributed by atoms with Crippen LogP contribution in [0.2, 0.25) is 10.0 Å². The van der Waals surface area contributed by atoms with Crippen LogP contribution < -0.4 is 0 Å². The summed E-state index contributed by atoms with van der Waals surface area (Å²) in [6.45, 7) is 13.3. The molecule has 0 saturated carbocycles. The molecule has 0 spiro atoms. The second-order valence-corrected chi connectivity index (χ2v) is 35.2. The van der Waals surface area contributed by atoms with Crippen LogP contribution in [0.15, 0.2) is 147 Å². The molecule has 6 aliphatic rings. The average molecular weight is 1520 g/mol. The molecule has 1 unspecified atom stereocenters. The van der Waals surface area contributed by atoms with Gasteiger partial charge in [-0.25, -0.2) is 40.2 Å². The maximum Gasteiger partial charge on any atom is 0.211 e. The average Bonchev–Trinajstić information content (AvgIpc) is 1.63. The van der Waals surface area contributed by atoms with Gasteiger partial charge in [-0.05, 0) is 155 Å². The lowest BCUT2D eigenvalue weighted by Gasteiger charge is -2.39. The number of pyridine rings is 3. The number of sulfonamides is 3. The van der Waals surface area contributed by atoms with Gasteiger partial charge in [0.05, 0.1) is 109 Å². The van der Waals surface area contributed by atoms with Crippen molar-refractivity contribution in [2.45, 2.75) is 62.6 Å². The van der Waals surface area contributed by atoms with Crippen molar-refractivity contribution in [3.05, 3.63) is 247 Å². The summed E-state index contributed by atoms with van der Waals surface area (Å²) in [5.74, 6) is 0. The van der Waals surface area contributed by atoms with Crippen molar-refractivity contribution >= 4 is 88.2 Å². The molecule has 3 aromatic carbocycles. The standard InChI is InChI=1S/C26H31N5O3S.2C25H28ClN5O3S/c1-18-7-8-20-21(14-18)22(26(2,32)23-16-27-17-29(23)3)15-19-6-5-9-28-24(19)25(20)30-10-12-31(13-11-30)35(4,33)34;2*1-25(32,22-15-27-16-29(22)2)21-13-17-5-4-8-28-23(17)24(19-7-6-18(26)14-20(19)21)30-9-11-31(12-10-30)35(3,33)34/h5-9,14-17,25,32H,10-13H2,1-4H3;2*4-8,13-16,24,32H,9-12H2,1-3H3/t25-,26-;24-,25?;24-,25+/m000/s1. The summed E-state index contributed by atoms with van der Waals surface area (Å²) in [5.41, 5.74) is 12.2. The van der Waals surface area contributed by atoms with Gasteiger partial charge >= 0.3 is 0 Å². The van der Waals surface area contributed by atoms with Crippen LogP contribution in [0.3, 0.4) is 0 Å². The number of imidazole rings is 3. The van der Waals surface area contributed by atoms with Gasteiger partial charge in [-0.15, -0.1) is 0 Å². The lowest BCUT2D eigenvalue weighted by Crippen LogP contribution is -2.49. The highest BCUT2D eigenvalue weighted by Crippen LogP contribution is 2.50. The van der Waals surface area contributed by atoms with Crippen LogP contribution in [0.5, 0.6) is 0 Å². The number of rotatable bonds is 12. The second-order valence-electron chi connectivity index (χ2n) is 28.3. The molecule has 3 saturated heterocycles. The van der Waals surface area contributed by atoms with E-state index in [0.717, 1.165) is 78.3 Å². The molecule has 9 heterocycles. The van der Waals surface area contributed by atoms with Gasteiger partial charge in [-0.1, -0.05) is 77.3 Å². The molecule has 3 aliphatic carbocycles. The van der Waals surface area contributed by atoms with E-state index >= 15 is 0 Å². The quantitative estimate of drug-likeness (QED) is 0.104. The van der Waals surface area contributed by atoms with Crippen LogP contribution in [0.1, 0.15) is 129 Å². The Bertz CT molecular complexity index is 4730. The van der Waals surface area contributed by atoms with Gasteiger partial charge in [-0.3, -0.25) is 29.7 Å². The van der Waals surface area contributed by atoms with Crippen molar-refractivity contribution in [3.63, 3.8) is 0 Å². The number of piperazine rings is 3. The van der Waals surface area contributed by atoms with Crippen LogP contribution in [-0.2, 0) is 68.0 Å². The Hall–Kier alpha value is -7.97. The summed E-state index contributed by atoms with van der Waals surface area (Å²) in [7, 11) is -4.14. The molecule has 0 bridgehead atoms. The molecule has 3 fully saturated rings.